The summed E-state index contributed by atoms with van der Waals surface area (Å²) in [5.41, 5.74) is 1.18. The number of hydrogen-bond donors (Lipinski definition) is 2. The second kappa shape index (κ2) is 7.37. The summed E-state index contributed by atoms with van der Waals surface area (Å²) in [6, 6.07) is 7.74. The van der Waals surface area contributed by atoms with E-state index in [1.165, 1.54) is 12.0 Å². The molecule has 0 fully saturated rings. The van der Waals surface area contributed by atoms with Crippen LogP contribution in [0.3, 0.4) is 0 Å². The monoisotopic (exact) mass is 265 g/mol. The molecular formula is C15H23NOS. The van der Waals surface area contributed by atoms with E-state index in [-0.39, 0.29) is 5.92 Å². The lowest BCUT2D eigenvalue weighted by Gasteiger charge is -2.21. The van der Waals surface area contributed by atoms with Crippen molar-refractivity contribution in [3.8, 4) is 5.75 Å². The quantitative estimate of drug-likeness (QED) is 0.763. The van der Waals surface area contributed by atoms with Crippen molar-refractivity contribution in [2.45, 2.75) is 52.0 Å². The Balaban J connectivity index is 2.83. The Kier molecular flexibility index (Phi) is 6.13. The molecule has 0 bridgehead atoms. The van der Waals surface area contributed by atoms with Gasteiger partial charge in [0.1, 0.15) is 5.75 Å². The number of benzene rings is 1. The Labute approximate surface area is 115 Å². The Morgan fingerprint density at radius 3 is 2.39 bits per heavy atom. The number of hydrogen-bond acceptors (Lipinski definition) is 2. The van der Waals surface area contributed by atoms with Gasteiger partial charge in [0.15, 0.2) is 0 Å². The van der Waals surface area contributed by atoms with Crippen LogP contribution in [-0.4, -0.2) is 16.1 Å². The summed E-state index contributed by atoms with van der Waals surface area (Å²) >= 11 is 5.51. The fourth-order valence-corrected chi connectivity index (χ4v) is 2.44. The van der Waals surface area contributed by atoms with Crippen LogP contribution in [0, 0.1) is 0 Å². The molecule has 2 nitrogen and oxygen atoms in total. The number of unbranched alkanes of at least 4 members (excludes halogenated alkanes) is 1. The summed E-state index contributed by atoms with van der Waals surface area (Å²) in [4.78, 5) is 0.907. The third-order valence-corrected chi connectivity index (χ3v) is 3.29. The molecule has 0 saturated heterocycles. The normalized spacial score (nSPS) is 12.4. The van der Waals surface area contributed by atoms with E-state index in [9.17, 15) is 5.11 Å². The van der Waals surface area contributed by atoms with Gasteiger partial charge in [0, 0.05) is 12.0 Å². The minimum Gasteiger partial charge on any atom is -0.508 e. The average Bonchev–Trinajstić information content (AvgIpc) is 2.31. The van der Waals surface area contributed by atoms with E-state index in [2.05, 4.69) is 26.1 Å². The molecule has 0 radical (unpaired) electrons. The van der Waals surface area contributed by atoms with Crippen molar-refractivity contribution in [3.63, 3.8) is 0 Å². The molecule has 0 heterocycles. The maximum Gasteiger partial charge on any atom is 0.115 e. The molecule has 100 valence electrons. The summed E-state index contributed by atoms with van der Waals surface area (Å²) in [5.74, 6) is 0.554. The van der Waals surface area contributed by atoms with Gasteiger partial charge in [-0.2, -0.15) is 0 Å². The molecule has 1 atom stereocenters. The van der Waals surface area contributed by atoms with Crippen LogP contribution in [0.4, 0.5) is 0 Å². The van der Waals surface area contributed by atoms with E-state index in [1.807, 2.05) is 12.1 Å². The molecule has 18 heavy (non-hydrogen) atoms. The summed E-state index contributed by atoms with van der Waals surface area (Å²) in [5, 5.41) is 12.7. The minimum absolute atomic E-state index is 0.253. The molecule has 2 N–H and O–H groups in total. The fraction of sp³-hybridized carbons (Fsp3) is 0.533. The van der Waals surface area contributed by atoms with E-state index in [1.54, 1.807) is 12.1 Å². The minimum atomic E-state index is 0.253. The number of phenols is 1. The van der Waals surface area contributed by atoms with Gasteiger partial charge in [-0.1, -0.05) is 44.1 Å². The standard InChI is InChI=1S/C15H23NOS/c1-4-5-6-14(15(18)16-11(2)3)12-7-9-13(17)10-8-12/h7-11,14,17H,4-6H2,1-3H3,(H,16,18). The summed E-state index contributed by atoms with van der Waals surface area (Å²) in [7, 11) is 0. The number of phenolic OH excluding ortho intramolecular Hbond substituents is 1. The third-order valence-electron chi connectivity index (χ3n) is 2.89. The van der Waals surface area contributed by atoms with Crippen molar-refractivity contribution in [1.29, 1.82) is 0 Å². The van der Waals surface area contributed by atoms with Crippen LogP contribution >= 0.6 is 12.2 Å². The molecule has 0 spiro atoms. The van der Waals surface area contributed by atoms with Gasteiger partial charge in [0.2, 0.25) is 0 Å². The Bertz CT molecular complexity index is 373. The van der Waals surface area contributed by atoms with Crippen LogP contribution in [0.25, 0.3) is 0 Å². The number of aromatic hydroxyl groups is 1. The van der Waals surface area contributed by atoms with Crippen LogP contribution < -0.4 is 5.32 Å². The smallest absolute Gasteiger partial charge is 0.115 e. The first kappa shape index (κ1) is 15.0. The SMILES string of the molecule is CCCCC(C(=S)NC(C)C)c1ccc(O)cc1. The second-order valence-corrected chi connectivity index (χ2v) is 5.39. The lowest BCUT2D eigenvalue weighted by atomic mass is 9.93. The third kappa shape index (κ3) is 4.65. The van der Waals surface area contributed by atoms with E-state index >= 15 is 0 Å². The Morgan fingerprint density at radius 2 is 1.89 bits per heavy atom. The van der Waals surface area contributed by atoms with Gasteiger partial charge in [-0.15, -0.1) is 0 Å². The van der Waals surface area contributed by atoms with E-state index in [4.69, 9.17) is 12.2 Å². The molecule has 0 aromatic heterocycles. The highest BCUT2D eigenvalue weighted by Gasteiger charge is 2.17. The average molecular weight is 265 g/mol. The van der Waals surface area contributed by atoms with E-state index in [0.717, 1.165) is 17.8 Å². The van der Waals surface area contributed by atoms with Crippen LogP contribution in [0.15, 0.2) is 24.3 Å². The highest BCUT2D eigenvalue weighted by atomic mass is 32.1. The predicted octanol–water partition coefficient (Wildman–Crippen LogP) is 3.99. The highest BCUT2D eigenvalue weighted by molar-refractivity contribution is 7.80. The molecule has 0 aliphatic heterocycles. The lowest BCUT2D eigenvalue weighted by molar-refractivity contribution is 0.475. The second-order valence-electron chi connectivity index (χ2n) is 4.95. The molecule has 1 aromatic carbocycles. The zero-order valence-corrected chi connectivity index (χ0v) is 12.3. The van der Waals surface area contributed by atoms with Gasteiger partial charge in [-0.25, -0.2) is 0 Å². The topological polar surface area (TPSA) is 32.3 Å². The van der Waals surface area contributed by atoms with Crippen molar-refractivity contribution >= 4 is 17.2 Å². The van der Waals surface area contributed by atoms with E-state index < -0.39 is 0 Å². The van der Waals surface area contributed by atoms with Crippen LogP contribution in [0.1, 0.15) is 51.5 Å². The molecule has 0 saturated carbocycles. The Hall–Kier alpha value is -1.09. The number of nitrogens with one attached hydrogen (secondary N) is 1. The first-order chi connectivity index (χ1) is 8.54. The van der Waals surface area contributed by atoms with Crippen molar-refractivity contribution in [3.05, 3.63) is 29.8 Å². The molecule has 1 rings (SSSR count). The first-order valence-electron chi connectivity index (χ1n) is 6.64. The highest BCUT2D eigenvalue weighted by Crippen LogP contribution is 2.25. The zero-order valence-electron chi connectivity index (χ0n) is 11.4. The van der Waals surface area contributed by atoms with Crippen LogP contribution in [0.5, 0.6) is 5.75 Å². The van der Waals surface area contributed by atoms with Gasteiger partial charge in [0.05, 0.1) is 4.99 Å². The van der Waals surface area contributed by atoms with E-state index in [0.29, 0.717) is 11.8 Å². The van der Waals surface area contributed by atoms with Crippen molar-refractivity contribution < 1.29 is 5.11 Å². The zero-order chi connectivity index (χ0) is 13.5. The van der Waals surface area contributed by atoms with Crippen LogP contribution in [0.2, 0.25) is 0 Å². The molecule has 0 aliphatic rings. The molecule has 0 aliphatic carbocycles. The van der Waals surface area contributed by atoms with Gasteiger partial charge in [-0.05, 0) is 38.0 Å². The first-order valence-corrected chi connectivity index (χ1v) is 7.04. The van der Waals surface area contributed by atoms with Gasteiger partial charge < -0.3 is 10.4 Å². The lowest BCUT2D eigenvalue weighted by Crippen LogP contribution is -2.33. The van der Waals surface area contributed by atoms with Crippen LogP contribution in [-0.2, 0) is 0 Å². The summed E-state index contributed by atoms with van der Waals surface area (Å²) in [6.45, 7) is 6.38. The largest absolute Gasteiger partial charge is 0.508 e. The van der Waals surface area contributed by atoms with Crippen molar-refractivity contribution in [2.75, 3.05) is 0 Å². The summed E-state index contributed by atoms with van der Waals surface area (Å²) in [6.07, 6.45) is 3.38. The predicted molar refractivity (Wildman–Crippen MR) is 81.2 cm³/mol. The number of rotatable bonds is 6. The molecule has 1 unspecified atom stereocenters. The number of thiocarbonyl (C=S) groups is 1. The fourth-order valence-electron chi connectivity index (χ4n) is 1.95. The molecular weight excluding hydrogens is 242 g/mol. The van der Waals surface area contributed by atoms with Gasteiger partial charge in [-0.3, -0.25) is 0 Å². The van der Waals surface area contributed by atoms with Gasteiger partial charge >= 0.3 is 0 Å². The molecule has 1 aromatic rings. The molecule has 3 heteroatoms. The maximum absolute atomic E-state index is 9.35. The van der Waals surface area contributed by atoms with Gasteiger partial charge in [0.25, 0.3) is 0 Å². The summed E-state index contributed by atoms with van der Waals surface area (Å²) < 4.78 is 0. The van der Waals surface area contributed by atoms with Crippen molar-refractivity contribution in [2.24, 2.45) is 0 Å². The Morgan fingerprint density at radius 1 is 1.28 bits per heavy atom. The van der Waals surface area contributed by atoms with Crippen molar-refractivity contribution in [1.82, 2.24) is 5.32 Å². The molecule has 0 amide bonds. The maximum atomic E-state index is 9.35.